The Hall–Kier alpha value is -1.39. The fourth-order valence-electron chi connectivity index (χ4n) is 1.42. The van der Waals surface area contributed by atoms with Crippen LogP contribution in [0.2, 0.25) is 5.02 Å². The van der Waals surface area contributed by atoms with Crippen LogP contribution in [0.15, 0.2) is 46.9 Å². The molecule has 0 saturated heterocycles. The summed E-state index contributed by atoms with van der Waals surface area (Å²) in [7, 11) is 0. The van der Waals surface area contributed by atoms with Crippen molar-refractivity contribution in [1.29, 1.82) is 0 Å². The number of rotatable bonds is 2. The molecular weight excluding hydrogens is 321 g/mol. The van der Waals surface area contributed by atoms with E-state index in [0.717, 1.165) is 4.47 Å². The number of hydrogen-bond acceptors (Lipinski definition) is 1. The summed E-state index contributed by atoms with van der Waals surface area (Å²) in [5.41, 5.74) is 0.725. The molecule has 1 amide bonds. The van der Waals surface area contributed by atoms with Gasteiger partial charge in [0.1, 0.15) is 5.82 Å². The van der Waals surface area contributed by atoms with E-state index >= 15 is 0 Å². The molecule has 0 fully saturated rings. The lowest BCUT2D eigenvalue weighted by Gasteiger charge is -2.07. The second-order valence-electron chi connectivity index (χ2n) is 3.59. The second kappa shape index (κ2) is 5.50. The molecule has 0 spiro atoms. The number of halogens is 3. The lowest BCUT2D eigenvalue weighted by Crippen LogP contribution is -2.12. The Morgan fingerprint density at radius 1 is 1.22 bits per heavy atom. The molecule has 1 N–H and O–H groups in total. The molecule has 2 nitrogen and oxygen atoms in total. The van der Waals surface area contributed by atoms with Crippen LogP contribution < -0.4 is 5.32 Å². The van der Waals surface area contributed by atoms with E-state index in [1.165, 1.54) is 24.3 Å². The van der Waals surface area contributed by atoms with Crippen LogP contribution in [0.4, 0.5) is 10.1 Å². The maximum absolute atomic E-state index is 13.0. The second-order valence-corrected chi connectivity index (χ2v) is 4.91. The van der Waals surface area contributed by atoms with Gasteiger partial charge >= 0.3 is 0 Å². The third kappa shape index (κ3) is 3.09. The highest BCUT2D eigenvalue weighted by Crippen LogP contribution is 2.26. The molecule has 0 atom stereocenters. The van der Waals surface area contributed by atoms with E-state index in [-0.39, 0.29) is 5.56 Å². The molecule has 0 saturated carbocycles. The van der Waals surface area contributed by atoms with Crippen molar-refractivity contribution >= 4 is 39.1 Å². The lowest BCUT2D eigenvalue weighted by molar-refractivity contribution is 0.102. The minimum absolute atomic E-state index is 0.244. The van der Waals surface area contributed by atoms with Gasteiger partial charge in [-0.15, -0.1) is 0 Å². The summed E-state index contributed by atoms with van der Waals surface area (Å²) in [6, 6.07) is 10.6. The fraction of sp³-hybridized carbons (Fsp3) is 0. The summed E-state index contributed by atoms with van der Waals surface area (Å²) in [6.07, 6.45) is 0. The summed E-state index contributed by atoms with van der Waals surface area (Å²) >= 11 is 9.24. The van der Waals surface area contributed by atoms with Crippen LogP contribution in [0.5, 0.6) is 0 Å². The molecular formula is C13H8BrClFNO. The summed E-state index contributed by atoms with van der Waals surface area (Å²) in [5.74, 6) is -0.858. The summed E-state index contributed by atoms with van der Waals surface area (Å²) in [6.45, 7) is 0. The molecule has 0 unspecified atom stereocenters. The van der Waals surface area contributed by atoms with Crippen molar-refractivity contribution in [3.8, 4) is 0 Å². The van der Waals surface area contributed by atoms with Crippen molar-refractivity contribution in [2.24, 2.45) is 0 Å². The van der Waals surface area contributed by atoms with Gasteiger partial charge < -0.3 is 5.32 Å². The van der Waals surface area contributed by atoms with Gasteiger partial charge in [-0.1, -0.05) is 33.6 Å². The van der Waals surface area contributed by atoms with E-state index in [2.05, 4.69) is 21.2 Å². The van der Waals surface area contributed by atoms with Crippen molar-refractivity contribution in [2.45, 2.75) is 0 Å². The minimum atomic E-state index is -0.454. The molecule has 0 aliphatic heterocycles. The molecule has 2 rings (SSSR count). The van der Waals surface area contributed by atoms with Crippen molar-refractivity contribution in [2.75, 3.05) is 5.32 Å². The summed E-state index contributed by atoms with van der Waals surface area (Å²) < 4.78 is 13.8. The van der Waals surface area contributed by atoms with Crippen LogP contribution in [-0.4, -0.2) is 5.91 Å². The molecule has 0 aromatic heterocycles. The van der Waals surface area contributed by atoms with Gasteiger partial charge in [-0.2, -0.15) is 0 Å². The van der Waals surface area contributed by atoms with E-state index < -0.39 is 11.7 Å². The number of nitrogens with one attached hydrogen (secondary N) is 1. The number of hydrogen-bond donors (Lipinski definition) is 1. The standard InChI is InChI=1S/C13H8BrClFNO/c14-9-4-5-12(11(15)7-9)17-13(18)8-2-1-3-10(16)6-8/h1-7H,(H,17,18). The van der Waals surface area contributed by atoms with Gasteiger partial charge in [-0.3, -0.25) is 4.79 Å². The number of amides is 1. The first-order valence-corrected chi connectivity index (χ1v) is 6.25. The number of benzene rings is 2. The maximum atomic E-state index is 13.0. The average molecular weight is 329 g/mol. The van der Waals surface area contributed by atoms with Crippen LogP contribution in [0.3, 0.4) is 0 Å². The predicted molar refractivity (Wildman–Crippen MR) is 73.5 cm³/mol. The van der Waals surface area contributed by atoms with Crippen molar-refractivity contribution in [3.63, 3.8) is 0 Å². The van der Waals surface area contributed by atoms with E-state index in [9.17, 15) is 9.18 Å². The highest BCUT2D eigenvalue weighted by atomic mass is 79.9. The van der Waals surface area contributed by atoms with Crippen molar-refractivity contribution in [3.05, 3.63) is 63.3 Å². The smallest absolute Gasteiger partial charge is 0.255 e. The number of anilines is 1. The van der Waals surface area contributed by atoms with Crippen molar-refractivity contribution in [1.82, 2.24) is 0 Å². The lowest BCUT2D eigenvalue weighted by atomic mass is 10.2. The first-order chi connectivity index (χ1) is 8.56. The van der Waals surface area contributed by atoms with Crippen LogP contribution in [0.1, 0.15) is 10.4 Å². The zero-order valence-electron chi connectivity index (χ0n) is 9.08. The minimum Gasteiger partial charge on any atom is -0.321 e. The van der Waals surface area contributed by atoms with Gasteiger partial charge in [0.25, 0.3) is 5.91 Å². The molecule has 0 aliphatic rings. The molecule has 0 radical (unpaired) electrons. The molecule has 2 aromatic carbocycles. The van der Waals surface area contributed by atoms with Crippen LogP contribution >= 0.6 is 27.5 Å². The zero-order chi connectivity index (χ0) is 13.1. The quantitative estimate of drug-likeness (QED) is 0.864. The third-order valence-corrected chi connectivity index (χ3v) is 3.07. The normalized spacial score (nSPS) is 10.2. The molecule has 0 heterocycles. The van der Waals surface area contributed by atoms with E-state index in [1.807, 2.05) is 0 Å². The summed E-state index contributed by atoms with van der Waals surface area (Å²) in [4.78, 5) is 11.9. The first-order valence-electron chi connectivity index (χ1n) is 5.08. The molecule has 5 heteroatoms. The molecule has 2 aromatic rings. The topological polar surface area (TPSA) is 29.1 Å². The van der Waals surface area contributed by atoms with E-state index in [1.54, 1.807) is 18.2 Å². The average Bonchev–Trinajstić information content (AvgIpc) is 2.32. The Labute approximate surface area is 117 Å². The van der Waals surface area contributed by atoms with Gasteiger partial charge in [0.05, 0.1) is 10.7 Å². The SMILES string of the molecule is O=C(Nc1ccc(Br)cc1Cl)c1cccc(F)c1. The maximum Gasteiger partial charge on any atom is 0.255 e. The molecule has 0 bridgehead atoms. The largest absolute Gasteiger partial charge is 0.321 e. The van der Waals surface area contributed by atoms with Crippen molar-refractivity contribution < 1.29 is 9.18 Å². The summed E-state index contributed by atoms with van der Waals surface area (Å²) in [5, 5.41) is 3.03. The number of carbonyl (C=O) groups excluding carboxylic acids is 1. The fourth-order valence-corrected chi connectivity index (χ4v) is 2.14. The van der Waals surface area contributed by atoms with Gasteiger partial charge in [0.2, 0.25) is 0 Å². The molecule has 92 valence electrons. The number of carbonyl (C=O) groups is 1. The highest BCUT2D eigenvalue weighted by Gasteiger charge is 2.09. The Kier molecular flexibility index (Phi) is 3.99. The molecule has 0 aliphatic carbocycles. The van der Waals surface area contributed by atoms with Gasteiger partial charge in [-0.25, -0.2) is 4.39 Å². The Balaban J connectivity index is 2.21. The Bertz CT molecular complexity index is 603. The van der Waals surface area contributed by atoms with Gasteiger partial charge in [0.15, 0.2) is 0 Å². The zero-order valence-corrected chi connectivity index (χ0v) is 11.4. The predicted octanol–water partition coefficient (Wildman–Crippen LogP) is 4.49. The van der Waals surface area contributed by atoms with E-state index in [0.29, 0.717) is 10.7 Å². The monoisotopic (exact) mass is 327 g/mol. The molecule has 18 heavy (non-hydrogen) atoms. The Morgan fingerprint density at radius 2 is 2.00 bits per heavy atom. The third-order valence-electron chi connectivity index (χ3n) is 2.27. The van der Waals surface area contributed by atoms with Gasteiger partial charge in [0, 0.05) is 10.0 Å². The van der Waals surface area contributed by atoms with Gasteiger partial charge in [-0.05, 0) is 36.4 Å². The van der Waals surface area contributed by atoms with Crippen LogP contribution in [0.25, 0.3) is 0 Å². The van der Waals surface area contributed by atoms with E-state index in [4.69, 9.17) is 11.6 Å². The van der Waals surface area contributed by atoms with Crippen LogP contribution in [0, 0.1) is 5.82 Å². The first kappa shape index (κ1) is 13.1. The highest BCUT2D eigenvalue weighted by molar-refractivity contribution is 9.10. The van der Waals surface area contributed by atoms with Crippen LogP contribution in [-0.2, 0) is 0 Å². The Morgan fingerprint density at radius 3 is 2.67 bits per heavy atom.